The molecular formula is C23H31BO4. The second-order valence-electron chi connectivity index (χ2n) is 8.88. The molecule has 0 spiro atoms. The third kappa shape index (κ3) is 3.56. The minimum absolute atomic E-state index is 0.174. The maximum atomic E-state index is 6.39. The average Bonchev–Trinajstić information content (AvgIpc) is 2.88. The molecule has 0 radical (unpaired) electrons. The van der Waals surface area contributed by atoms with E-state index in [1.807, 2.05) is 0 Å². The minimum atomic E-state index is -0.420. The van der Waals surface area contributed by atoms with Crippen LogP contribution in [0.2, 0.25) is 0 Å². The fourth-order valence-electron chi connectivity index (χ4n) is 3.99. The molecule has 2 aromatic carbocycles. The van der Waals surface area contributed by atoms with E-state index < -0.39 is 7.12 Å². The van der Waals surface area contributed by atoms with Crippen LogP contribution in [0.25, 0.3) is 10.8 Å². The van der Waals surface area contributed by atoms with E-state index in [0.717, 1.165) is 48.9 Å². The fourth-order valence-corrected chi connectivity index (χ4v) is 3.99. The lowest BCUT2D eigenvalue weighted by Crippen LogP contribution is -2.41. The van der Waals surface area contributed by atoms with Gasteiger partial charge >= 0.3 is 7.12 Å². The van der Waals surface area contributed by atoms with Gasteiger partial charge in [0.2, 0.25) is 0 Å². The lowest BCUT2D eigenvalue weighted by Gasteiger charge is -2.32. The molecule has 0 N–H and O–H groups in total. The van der Waals surface area contributed by atoms with Crippen molar-refractivity contribution in [3.8, 4) is 5.75 Å². The zero-order valence-corrected chi connectivity index (χ0v) is 17.7. The third-order valence-corrected chi connectivity index (χ3v) is 6.36. The average molecular weight is 382 g/mol. The highest BCUT2D eigenvalue weighted by molar-refractivity contribution is 6.65. The molecule has 0 amide bonds. The highest BCUT2D eigenvalue weighted by Crippen LogP contribution is 2.38. The summed E-state index contributed by atoms with van der Waals surface area (Å²) in [6, 6.07) is 10.6. The summed E-state index contributed by atoms with van der Waals surface area (Å²) in [7, 11) is -0.420. The first-order valence-electron chi connectivity index (χ1n) is 10.5. The van der Waals surface area contributed by atoms with Gasteiger partial charge in [-0.3, -0.25) is 0 Å². The number of benzene rings is 2. The molecule has 2 aliphatic rings. The van der Waals surface area contributed by atoms with Gasteiger partial charge in [0.25, 0.3) is 0 Å². The Bertz CT molecular complexity index is 839. The van der Waals surface area contributed by atoms with Gasteiger partial charge in [-0.15, -0.1) is 0 Å². The van der Waals surface area contributed by atoms with Crippen molar-refractivity contribution in [3.63, 3.8) is 0 Å². The van der Waals surface area contributed by atoms with Gasteiger partial charge in [-0.05, 0) is 80.9 Å². The normalized spacial score (nSPS) is 23.9. The van der Waals surface area contributed by atoms with Crippen molar-refractivity contribution in [3.05, 3.63) is 35.9 Å². The summed E-state index contributed by atoms with van der Waals surface area (Å²) in [5, 5.41) is 2.36. The number of hydrogen-bond donors (Lipinski definition) is 0. The van der Waals surface area contributed by atoms with Crippen LogP contribution in [0.15, 0.2) is 30.3 Å². The molecule has 28 heavy (non-hydrogen) atoms. The number of ether oxygens (including phenoxy) is 2. The molecule has 2 saturated heterocycles. The number of fused-ring (bicyclic) bond motifs is 1. The predicted octanol–water partition coefficient (Wildman–Crippen LogP) is 4.61. The Balaban J connectivity index is 1.78. The third-order valence-electron chi connectivity index (χ3n) is 6.36. The molecule has 4 nitrogen and oxygen atoms in total. The van der Waals surface area contributed by atoms with Gasteiger partial charge in [-0.25, -0.2) is 0 Å². The van der Waals surface area contributed by atoms with Crippen molar-refractivity contribution < 1.29 is 18.8 Å². The van der Waals surface area contributed by atoms with Crippen molar-refractivity contribution >= 4 is 23.4 Å². The van der Waals surface area contributed by atoms with Crippen LogP contribution in [-0.2, 0) is 20.5 Å². The summed E-state index contributed by atoms with van der Waals surface area (Å²) in [4.78, 5) is 0. The smallest absolute Gasteiger partial charge is 0.465 e. The Labute approximate surface area is 168 Å². The van der Waals surface area contributed by atoms with Gasteiger partial charge in [0, 0.05) is 6.42 Å². The van der Waals surface area contributed by atoms with E-state index in [0.29, 0.717) is 0 Å². The summed E-state index contributed by atoms with van der Waals surface area (Å²) in [5.74, 6) is 0.817. The quantitative estimate of drug-likeness (QED) is 0.724. The van der Waals surface area contributed by atoms with Crippen LogP contribution >= 0.6 is 0 Å². The summed E-state index contributed by atoms with van der Waals surface area (Å²) >= 11 is 0. The molecular weight excluding hydrogens is 351 g/mol. The number of aryl methyl sites for hydroxylation is 1. The molecule has 0 aliphatic carbocycles. The van der Waals surface area contributed by atoms with Crippen LogP contribution in [0, 0.1) is 0 Å². The first kappa shape index (κ1) is 19.7. The van der Waals surface area contributed by atoms with E-state index in [1.165, 1.54) is 10.9 Å². The summed E-state index contributed by atoms with van der Waals surface area (Å²) in [6.45, 7) is 11.3. The van der Waals surface area contributed by atoms with E-state index in [2.05, 4.69) is 65.0 Å². The Morgan fingerprint density at radius 2 is 1.82 bits per heavy atom. The first-order valence-corrected chi connectivity index (χ1v) is 10.5. The van der Waals surface area contributed by atoms with Gasteiger partial charge in [-0.2, -0.15) is 0 Å². The number of hydrogen-bond acceptors (Lipinski definition) is 4. The van der Waals surface area contributed by atoms with Crippen LogP contribution in [0.3, 0.4) is 0 Å². The summed E-state index contributed by atoms with van der Waals surface area (Å²) in [5.41, 5.74) is 1.57. The van der Waals surface area contributed by atoms with Gasteiger partial charge in [0.1, 0.15) is 5.75 Å². The molecule has 2 aromatic rings. The molecule has 0 aromatic heterocycles. The minimum Gasteiger partial charge on any atom is -0.465 e. The Morgan fingerprint density at radius 3 is 2.46 bits per heavy atom. The number of rotatable bonds is 4. The van der Waals surface area contributed by atoms with Crippen LogP contribution in [0.4, 0.5) is 0 Å². The second-order valence-corrected chi connectivity index (χ2v) is 8.88. The lowest BCUT2D eigenvalue weighted by atomic mass is 9.74. The van der Waals surface area contributed by atoms with E-state index >= 15 is 0 Å². The van der Waals surface area contributed by atoms with Gasteiger partial charge in [-0.1, -0.05) is 25.1 Å². The van der Waals surface area contributed by atoms with Crippen LogP contribution < -0.4 is 10.2 Å². The topological polar surface area (TPSA) is 36.9 Å². The highest BCUT2D eigenvalue weighted by Gasteiger charge is 2.52. The molecule has 2 fully saturated rings. The maximum Gasteiger partial charge on any atom is 0.495 e. The Morgan fingerprint density at radius 1 is 1.07 bits per heavy atom. The van der Waals surface area contributed by atoms with Crippen LogP contribution in [-0.4, -0.2) is 31.2 Å². The van der Waals surface area contributed by atoms with Crippen molar-refractivity contribution in [2.45, 2.75) is 77.8 Å². The first-order chi connectivity index (χ1) is 13.3. The van der Waals surface area contributed by atoms with Gasteiger partial charge in [0.05, 0.1) is 17.8 Å². The van der Waals surface area contributed by atoms with Crippen molar-refractivity contribution in [2.75, 3.05) is 6.61 Å². The standard InChI is InChI=1S/C23H31BO4/c1-6-16-10-9-11-17-14-18(26-20-12-7-8-13-25-20)15-19(21(16)17)24-27-22(2,3)23(4,5)28-24/h9-11,14-15,20H,6-8,12-13H2,1-5H3. The van der Waals surface area contributed by atoms with Crippen LogP contribution in [0.5, 0.6) is 5.75 Å². The van der Waals surface area contributed by atoms with E-state index in [9.17, 15) is 0 Å². The molecule has 2 heterocycles. The molecule has 0 bridgehead atoms. The van der Waals surface area contributed by atoms with E-state index in [-0.39, 0.29) is 17.5 Å². The molecule has 1 unspecified atom stereocenters. The predicted molar refractivity (Wildman–Crippen MR) is 113 cm³/mol. The van der Waals surface area contributed by atoms with Crippen molar-refractivity contribution in [2.24, 2.45) is 0 Å². The summed E-state index contributed by atoms with van der Waals surface area (Å²) < 4.78 is 24.8. The molecule has 150 valence electrons. The van der Waals surface area contributed by atoms with Gasteiger partial charge < -0.3 is 18.8 Å². The lowest BCUT2D eigenvalue weighted by molar-refractivity contribution is -0.105. The Hall–Kier alpha value is -1.56. The molecule has 2 aliphatic heterocycles. The van der Waals surface area contributed by atoms with E-state index in [4.69, 9.17) is 18.8 Å². The van der Waals surface area contributed by atoms with Gasteiger partial charge in [0.15, 0.2) is 6.29 Å². The monoisotopic (exact) mass is 382 g/mol. The zero-order valence-electron chi connectivity index (χ0n) is 17.7. The molecule has 0 saturated carbocycles. The van der Waals surface area contributed by atoms with E-state index in [1.54, 1.807) is 0 Å². The van der Waals surface area contributed by atoms with Crippen molar-refractivity contribution in [1.29, 1.82) is 0 Å². The fraction of sp³-hybridized carbons (Fsp3) is 0.565. The highest BCUT2D eigenvalue weighted by atomic mass is 16.7. The zero-order chi connectivity index (χ0) is 19.9. The van der Waals surface area contributed by atoms with Crippen molar-refractivity contribution in [1.82, 2.24) is 0 Å². The second kappa shape index (κ2) is 7.36. The summed E-state index contributed by atoms with van der Waals surface area (Å²) in [6.07, 6.45) is 3.96. The molecule has 5 heteroatoms. The largest absolute Gasteiger partial charge is 0.495 e. The maximum absolute atomic E-state index is 6.39. The molecule has 1 atom stereocenters. The Kier molecular flexibility index (Phi) is 5.19. The SMILES string of the molecule is CCc1cccc2cc(OC3CCCCO3)cc(B3OC(C)(C)C(C)(C)O3)c12. The molecule has 4 rings (SSSR count). The van der Waals surface area contributed by atoms with Crippen LogP contribution in [0.1, 0.15) is 59.4 Å².